The van der Waals surface area contributed by atoms with E-state index in [1.165, 1.54) is 5.56 Å². The Morgan fingerprint density at radius 1 is 1.11 bits per heavy atom. The number of hydrogen-bond acceptors (Lipinski definition) is 3. The molecule has 3 heterocycles. The number of fused-ring (bicyclic) bond motifs is 8. The van der Waals surface area contributed by atoms with E-state index in [2.05, 4.69) is 4.98 Å². The first-order valence-corrected chi connectivity index (χ1v) is 9.42. The fourth-order valence-corrected chi connectivity index (χ4v) is 4.52. The number of nitrogens with one attached hydrogen (secondary N) is 1. The van der Waals surface area contributed by atoms with E-state index in [4.69, 9.17) is 9.47 Å². The number of rotatable bonds is 1. The summed E-state index contributed by atoms with van der Waals surface area (Å²) >= 11 is 0. The molecule has 6 rings (SSSR count). The molecule has 138 valence electrons. The van der Waals surface area contributed by atoms with Crippen LogP contribution in [0.4, 0.5) is 0 Å². The Morgan fingerprint density at radius 2 is 2.00 bits per heavy atom. The molecule has 1 amide bonds. The molecule has 2 aliphatic heterocycles. The first kappa shape index (κ1) is 15.6. The van der Waals surface area contributed by atoms with Crippen molar-refractivity contribution in [2.45, 2.75) is 12.6 Å². The van der Waals surface area contributed by atoms with Gasteiger partial charge in [0.25, 0.3) is 5.91 Å². The van der Waals surface area contributed by atoms with E-state index < -0.39 is 6.23 Å². The third-order valence-corrected chi connectivity index (χ3v) is 5.88. The highest BCUT2D eigenvalue weighted by atomic mass is 16.5. The molecule has 3 aromatic carbocycles. The monoisotopic (exact) mass is 370 g/mol. The normalized spacial score (nSPS) is 17.8. The summed E-state index contributed by atoms with van der Waals surface area (Å²) in [5.41, 5.74) is 3.86. The Labute approximate surface area is 161 Å². The number of hydrogen-bond donors (Lipinski definition) is 1. The maximum Gasteiger partial charge on any atom is 0.261 e. The van der Waals surface area contributed by atoms with E-state index in [1.807, 2.05) is 59.5 Å². The lowest BCUT2D eigenvalue weighted by Gasteiger charge is -2.39. The molecular weight excluding hydrogens is 352 g/mol. The van der Waals surface area contributed by atoms with Gasteiger partial charge >= 0.3 is 0 Å². The molecule has 0 saturated heterocycles. The van der Waals surface area contributed by atoms with Crippen LogP contribution in [0, 0.1) is 0 Å². The highest BCUT2D eigenvalue weighted by molar-refractivity contribution is 6.10. The van der Waals surface area contributed by atoms with Crippen LogP contribution < -0.4 is 9.47 Å². The topological polar surface area (TPSA) is 54.6 Å². The minimum atomic E-state index is -0.427. The largest absolute Gasteiger partial charge is 0.497 e. The van der Waals surface area contributed by atoms with Gasteiger partial charge in [0.1, 0.15) is 11.5 Å². The van der Waals surface area contributed by atoms with Crippen LogP contribution in [0.15, 0.2) is 54.6 Å². The van der Waals surface area contributed by atoms with Crippen LogP contribution in [0.2, 0.25) is 0 Å². The van der Waals surface area contributed by atoms with Gasteiger partial charge in [-0.05, 0) is 47.0 Å². The zero-order valence-corrected chi connectivity index (χ0v) is 15.4. The number of aromatic nitrogens is 1. The van der Waals surface area contributed by atoms with Gasteiger partial charge in [-0.3, -0.25) is 9.69 Å². The number of methoxy groups -OCH3 is 1. The predicted octanol–water partition coefficient (Wildman–Crippen LogP) is 4.42. The lowest BCUT2D eigenvalue weighted by Crippen LogP contribution is -2.45. The van der Waals surface area contributed by atoms with Gasteiger partial charge in [-0.1, -0.05) is 30.3 Å². The van der Waals surface area contributed by atoms with Gasteiger partial charge in [0.15, 0.2) is 0 Å². The Balaban J connectivity index is 1.53. The lowest BCUT2D eigenvalue weighted by molar-refractivity contribution is 0.00243. The fourth-order valence-electron chi connectivity index (χ4n) is 4.52. The minimum absolute atomic E-state index is 0.0323. The number of H-pyrrole nitrogens is 1. The van der Waals surface area contributed by atoms with Gasteiger partial charge in [-0.2, -0.15) is 0 Å². The van der Waals surface area contributed by atoms with Crippen LogP contribution in [-0.4, -0.2) is 29.4 Å². The Bertz CT molecular complexity index is 1270. The van der Waals surface area contributed by atoms with Gasteiger partial charge in [0, 0.05) is 17.4 Å². The lowest BCUT2D eigenvalue weighted by atomic mass is 9.97. The van der Waals surface area contributed by atoms with Crippen LogP contribution in [0.25, 0.3) is 21.7 Å². The van der Waals surface area contributed by atoms with Gasteiger partial charge in [0.2, 0.25) is 6.23 Å². The maximum absolute atomic E-state index is 13.4. The van der Waals surface area contributed by atoms with E-state index in [-0.39, 0.29) is 5.91 Å². The van der Waals surface area contributed by atoms with Gasteiger partial charge in [0.05, 0.1) is 18.4 Å². The third-order valence-electron chi connectivity index (χ3n) is 5.88. The number of amides is 1. The molecule has 5 nitrogen and oxygen atoms in total. The molecule has 1 unspecified atom stereocenters. The molecule has 0 spiro atoms. The molecule has 28 heavy (non-hydrogen) atoms. The molecule has 0 fully saturated rings. The van der Waals surface area contributed by atoms with Crippen LogP contribution in [0.3, 0.4) is 0 Å². The molecule has 0 bridgehead atoms. The van der Waals surface area contributed by atoms with Gasteiger partial charge in [-0.15, -0.1) is 0 Å². The van der Waals surface area contributed by atoms with Crippen molar-refractivity contribution >= 4 is 27.6 Å². The summed E-state index contributed by atoms with van der Waals surface area (Å²) < 4.78 is 11.8. The van der Waals surface area contributed by atoms with Crippen molar-refractivity contribution in [1.29, 1.82) is 0 Å². The van der Waals surface area contributed by atoms with Gasteiger partial charge in [-0.25, -0.2) is 0 Å². The third kappa shape index (κ3) is 1.99. The van der Waals surface area contributed by atoms with Crippen molar-refractivity contribution in [3.05, 3.63) is 71.4 Å². The Morgan fingerprint density at radius 3 is 2.89 bits per heavy atom. The fraction of sp³-hybridized carbons (Fsp3) is 0.174. The summed E-state index contributed by atoms with van der Waals surface area (Å²) in [7, 11) is 1.67. The number of nitrogens with zero attached hydrogens (tertiary/aromatic N) is 1. The number of carbonyl (C=O) groups excluding carboxylic acids is 1. The molecule has 0 aliphatic carbocycles. The first-order valence-electron chi connectivity index (χ1n) is 9.42. The number of carbonyl (C=O) groups is 1. The van der Waals surface area contributed by atoms with Crippen LogP contribution in [0.5, 0.6) is 11.5 Å². The summed E-state index contributed by atoms with van der Waals surface area (Å²) in [5.74, 6) is 1.51. The highest BCUT2D eigenvalue weighted by Gasteiger charge is 2.40. The summed E-state index contributed by atoms with van der Waals surface area (Å²) in [6, 6.07) is 17.9. The van der Waals surface area contributed by atoms with E-state index in [0.29, 0.717) is 17.9 Å². The van der Waals surface area contributed by atoms with Crippen LogP contribution in [-0.2, 0) is 6.42 Å². The average molecular weight is 370 g/mol. The SMILES string of the molecule is COc1ccc2[nH]c3c(c2c1)CCN1C(=O)c2c(ccc4ccccc24)OC31. The second-order valence-corrected chi connectivity index (χ2v) is 7.31. The Hall–Kier alpha value is -3.47. The maximum atomic E-state index is 13.4. The van der Waals surface area contributed by atoms with E-state index in [0.717, 1.165) is 39.5 Å². The van der Waals surface area contributed by atoms with Gasteiger partial charge < -0.3 is 14.5 Å². The van der Waals surface area contributed by atoms with Crippen molar-refractivity contribution in [3.8, 4) is 11.5 Å². The molecule has 1 atom stereocenters. The minimum Gasteiger partial charge on any atom is -0.497 e. The molecule has 5 heteroatoms. The van der Waals surface area contributed by atoms with E-state index in [9.17, 15) is 4.79 Å². The predicted molar refractivity (Wildman–Crippen MR) is 107 cm³/mol. The molecule has 4 aromatic rings. The zero-order chi connectivity index (χ0) is 18.8. The van der Waals surface area contributed by atoms with Crippen molar-refractivity contribution in [1.82, 2.24) is 9.88 Å². The molecule has 1 aromatic heterocycles. The summed E-state index contributed by atoms with van der Waals surface area (Å²) in [4.78, 5) is 18.7. The number of benzene rings is 3. The van der Waals surface area contributed by atoms with E-state index >= 15 is 0 Å². The quantitative estimate of drug-likeness (QED) is 0.540. The number of ether oxygens (including phenoxy) is 2. The van der Waals surface area contributed by atoms with Crippen molar-refractivity contribution in [2.75, 3.05) is 13.7 Å². The highest BCUT2D eigenvalue weighted by Crippen LogP contribution is 2.43. The second-order valence-electron chi connectivity index (χ2n) is 7.31. The average Bonchev–Trinajstić information content (AvgIpc) is 3.12. The van der Waals surface area contributed by atoms with Crippen molar-refractivity contribution in [3.63, 3.8) is 0 Å². The summed E-state index contributed by atoms with van der Waals surface area (Å²) in [5, 5.41) is 3.12. The second kappa shape index (κ2) is 5.52. The van der Waals surface area contributed by atoms with Crippen LogP contribution >= 0.6 is 0 Å². The van der Waals surface area contributed by atoms with Crippen molar-refractivity contribution in [2.24, 2.45) is 0 Å². The molecule has 2 aliphatic rings. The van der Waals surface area contributed by atoms with Crippen molar-refractivity contribution < 1.29 is 14.3 Å². The Kier molecular flexibility index (Phi) is 3.07. The molecular formula is C23H18N2O3. The smallest absolute Gasteiger partial charge is 0.261 e. The molecule has 0 saturated carbocycles. The molecule has 0 radical (unpaired) electrons. The molecule has 1 N–H and O–H groups in total. The number of aromatic amines is 1. The van der Waals surface area contributed by atoms with Crippen LogP contribution in [0.1, 0.15) is 27.8 Å². The standard InChI is InChI=1S/C23H18N2O3/c1-27-14-7-8-18-17(12-14)16-10-11-25-22(26)20-15-5-3-2-4-13(15)6-9-19(20)28-23(25)21(16)24-18/h2-9,12,23-24H,10-11H2,1H3. The first-order chi connectivity index (χ1) is 13.7. The summed E-state index contributed by atoms with van der Waals surface area (Å²) in [6.07, 6.45) is 0.358. The zero-order valence-electron chi connectivity index (χ0n) is 15.4. The summed E-state index contributed by atoms with van der Waals surface area (Å²) in [6.45, 7) is 0.628. The van der Waals surface area contributed by atoms with E-state index in [1.54, 1.807) is 7.11 Å².